The van der Waals surface area contributed by atoms with E-state index in [1.165, 1.54) is 25.7 Å². The molecule has 4 aliphatic rings. The fraction of sp³-hybridized carbons (Fsp3) is 0.667. The molecule has 1 unspecified atom stereocenters. The van der Waals surface area contributed by atoms with Crippen molar-refractivity contribution in [2.75, 3.05) is 13.1 Å². The molecule has 6 heteroatoms. The van der Waals surface area contributed by atoms with Crippen molar-refractivity contribution in [1.82, 2.24) is 9.62 Å². The summed E-state index contributed by atoms with van der Waals surface area (Å²) in [6, 6.07) is 7.23. The minimum absolute atomic E-state index is 0.156. The monoisotopic (exact) mass is 388 g/mol. The van der Waals surface area contributed by atoms with E-state index in [1.54, 1.807) is 16.4 Å². The van der Waals surface area contributed by atoms with Gasteiger partial charge in [0.25, 0.3) is 0 Å². The second-order valence-electron chi connectivity index (χ2n) is 9.05. The lowest BCUT2D eigenvalue weighted by Crippen LogP contribution is -2.52. The molecule has 1 heterocycles. The molecule has 1 N–H and O–H groups in total. The van der Waals surface area contributed by atoms with E-state index in [9.17, 15) is 13.2 Å². The number of amides is 1. The predicted molar refractivity (Wildman–Crippen MR) is 102 cm³/mol. The van der Waals surface area contributed by atoms with Crippen LogP contribution in [0.3, 0.4) is 0 Å². The van der Waals surface area contributed by atoms with E-state index in [4.69, 9.17) is 0 Å². The highest BCUT2D eigenvalue weighted by Crippen LogP contribution is 2.55. The largest absolute Gasteiger partial charge is 0.353 e. The molecule has 27 heavy (non-hydrogen) atoms. The third-order valence-electron chi connectivity index (χ3n) is 7.48. The van der Waals surface area contributed by atoms with Gasteiger partial charge in [-0.15, -0.1) is 0 Å². The minimum Gasteiger partial charge on any atom is -0.353 e. The van der Waals surface area contributed by atoms with Gasteiger partial charge in [0.2, 0.25) is 15.9 Å². The molecule has 5 rings (SSSR count). The molecule has 146 valence electrons. The first kappa shape index (κ1) is 17.7. The minimum atomic E-state index is -3.43. The van der Waals surface area contributed by atoms with Crippen LogP contribution in [-0.2, 0) is 14.8 Å². The summed E-state index contributed by atoms with van der Waals surface area (Å²) in [4.78, 5) is 13.0. The standard InChI is InChI=1S/C21H28N2O3S/c1-13-6-8-15(9-7-13)27(25,26)23-11-14-10-19(18(14)12-23)22-21(24)20-16-4-2-3-5-17(16)20/h6-9,14,16-20H,2-5,10-12H2,1H3,(H,22,24)/t14-,16-,17+,18+,19+,20?/m1/s1. The zero-order valence-corrected chi connectivity index (χ0v) is 16.6. The molecule has 3 aliphatic carbocycles. The molecule has 4 fully saturated rings. The molecule has 6 atom stereocenters. The van der Waals surface area contributed by atoms with Crippen molar-refractivity contribution in [3.05, 3.63) is 29.8 Å². The number of hydrogen-bond donors (Lipinski definition) is 1. The zero-order chi connectivity index (χ0) is 18.8. The van der Waals surface area contributed by atoms with Crippen LogP contribution in [0.25, 0.3) is 0 Å². The van der Waals surface area contributed by atoms with Crippen LogP contribution in [0.1, 0.15) is 37.7 Å². The lowest BCUT2D eigenvalue weighted by molar-refractivity contribution is -0.125. The molecule has 1 amide bonds. The lowest BCUT2D eigenvalue weighted by Gasteiger charge is -2.39. The Kier molecular flexibility index (Phi) is 4.13. The summed E-state index contributed by atoms with van der Waals surface area (Å²) in [5, 5.41) is 3.26. The van der Waals surface area contributed by atoms with Crippen molar-refractivity contribution in [2.24, 2.45) is 29.6 Å². The summed E-state index contributed by atoms with van der Waals surface area (Å²) in [5.74, 6) is 2.37. The molecule has 1 aliphatic heterocycles. The number of nitrogens with one attached hydrogen (secondary N) is 1. The van der Waals surface area contributed by atoms with Crippen molar-refractivity contribution in [1.29, 1.82) is 0 Å². The Hall–Kier alpha value is -1.40. The van der Waals surface area contributed by atoms with Crippen LogP contribution in [0.2, 0.25) is 0 Å². The number of aryl methyl sites for hydroxylation is 1. The second kappa shape index (κ2) is 6.31. The van der Waals surface area contributed by atoms with E-state index in [1.807, 2.05) is 19.1 Å². The van der Waals surface area contributed by atoms with Gasteiger partial charge in [0.15, 0.2) is 0 Å². The lowest BCUT2D eigenvalue weighted by atomic mass is 9.71. The molecule has 5 nitrogen and oxygen atoms in total. The number of hydrogen-bond acceptors (Lipinski definition) is 3. The molecule has 0 aromatic heterocycles. The normalized spacial score (nSPS) is 37.8. The summed E-state index contributed by atoms with van der Waals surface area (Å²) in [5.41, 5.74) is 1.05. The topological polar surface area (TPSA) is 66.5 Å². The van der Waals surface area contributed by atoms with Crippen LogP contribution in [0.15, 0.2) is 29.2 Å². The van der Waals surface area contributed by atoms with Crippen LogP contribution in [-0.4, -0.2) is 37.8 Å². The smallest absolute Gasteiger partial charge is 0.243 e. The summed E-state index contributed by atoms with van der Waals surface area (Å²) in [6.07, 6.45) is 5.87. The number of carbonyl (C=O) groups excluding carboxylic acids is 1. The first-order chi connectivity index (χ1) is 12.9. The Morgan fingerprint density at radius 1 is 1.04 bits per heavy atom. The van der Waals surface area contributed by atoms with Gasteiger partial charge in [0.1, 0.15) is 0 Å². The average molecular weight is 389 g/mol. The van der Waals surface area contributed by atoms with Crippen LogP contribution in [0, 0.1) is 36.5 Å². The van der Waals surface area contributed by atoms with Gasteiger partial charge in [-0.3, -0.25) is 4.79 Å². The summed E-state index contributed by atoms with van der Waals surface area (Å²) >= 11 is 0. The van der Waals surface area contributed by atoms with Crippen LogP contribution >= 0.6 is 0 Å². The molecule has 0 bridgehead atoms. The van der Waals surface area contributed by atoms with Gasteiger partial charge >= 0.3 is 0 Å². The highest BCUT2D eigenvalue weighted by atomic mass is 32.2. The van der Waals surface area contributed by atoms with E-state index in [0.717, 1.165) is 12.0 Å². The Balaban J connectivity index is 1.21. The van der Waals surface area contributed by atoms with Gasteiger partial charge in [-0.2, -0.15) is 4.31 Å². The molecule has 0 radical (unpaired) electrons. The zero-order valence-electron chi connectivity index (χ0n) is 15.8. The first-order valence-corrected chi connectivity index (χ1v) is 11.8. The third-order valence-corrected chi connectivity index (χ3v) is 9.32. The number of fused-ring (bicyclic) bond motifs is 2. The van der Waals surface area contributed by atoms with E-state index < -0.39 is 10.0 Å². The Labute approximate surface area is 161 Å². The highest BCUT2D eigenvalue weighted by Gasteiger charge is 2.57. The van der Waals surface area contributed by atoms with Crippen LogP contribution in [0.5, 0.6) is 0 Å². The number of carbonyl (C=O) groups is 1. The second-order valence-corrected chi connectivity index (χ2v) is 11.0. The van der Waals surface area contributed by atoms with E-state index in [-0.39, 0.29) is 23.8 Å². The molecule has 0 spiro atoms. The number of nitrogens with zero attached hydrogens (tertiary/aromatic N) is 1. The molecule has 3 saturated carbocycles. The van der Waals surface area contributed by atoms with Crippen LogP contribution < -0.4 is 5.32 Å². The van der Waals surface area contributed by atoms with E-state index >= 15 is 0 Å². The van der Waals surface area contributed by atoms with Crippen molar-refractivity contribution in [3.63, 3.8) is 0 Å². The van der Waals surface area contributed by atoms with Crippen molar-refractivity contribution >= 4 is 15.9 Å². The van der Waals surface area contributed by atoms with E-state index in [0.29, 0.717) is 35.7 Å². The molecule has 1 aromatic rings. The molecular weight excluding hydrogens is 360 g/mol. The van der Waals surface area contributed by atoms with Gasteiger partial charge in [-0.1, -0.05) is 30.5 Å². The van der Waals surface area contributed by atoms with Gasteiger partial charge in [-0.05, 0) is 62.0 Å². The van der Waals surface area contributed by atoms with Crippen molar-refractivity contribution in [2.45, 2.75) is 50.0 Å². The maximum atomic E-state index is 12.9. The van der Waals surface area contributed by atoms with Gasteiger partial charge in [-0.25, -0.2) is 8.42 Å². The van der Waals surface area contributed by atoms with Crippen molar-refractivity contribution < 1.29 is 13.2 Å². The maximum absolute atomic E-state index is 12.9. The van der Waals surface area contributed by atoms with Gasteiger partial charge < -0.3 is 5.32 Å². The first-order valence-electron chi connectivity index (χ1n) is 10.3. The fourth-order valence-corrected chi connectivity index (χ4v) is 7.28. The molecule has 1 aromatic carbocycles. The third kappa shape index (κ3) is 2.92. The maximum Gasteiger partial charge on any atom is 0.243 e. The highest BCUT2D eigenvalue weighted by molar-refractivity contribution is 7.89. The van der Waals surface area contributed by atoms with Crippen molar-refractivity contribution in [3.8, 4) is 0 Å². The summed E-state index contributed by atoms with van der Waals surface area (Å²) in [6.45, 7) is 3.07. The fourth-order valence-electron chi connectivity index (χ4n) is 5.75. The Bertz CT molecular complexity index is 839. The SMILES string of the molecule is Cc1ccc(S(=O)(=O)N2C[C@H]3C[C@H](NC(=O)C4[C@H]5CCCC[C@@H]45)[C@H]3C2)cc1. The van der Waals surface area contributed by atoms with Gasteiger partial charge in [0.05, 0.1) is 4.90 Å². The quantitative estimate of drug-likeness (QED) is 0.862. The van der Waals surface area contributed by atoms with Gasteiger partial charge in [0, 0.05) is 25.0 Å². The molecule has 1 saturated heterocycles. The number of sulfonamides is 1. The average Bonchev–Trinajstić information content (AvgIpc) is 3.27. The number of rotatable bonds is 4. The number of benzene rings is 1. The van der Waals surface area contributed by atoms with E-state index in [2.05, 4.69) is 5.32 Å². The predicted octanol–water partition coefficient (Wildman–Crippen LogP) is 2.56. The molecular formula is C21H28N2O3S. The Morgan fingerprint density at radius 3 is 2.37 bits per heavy atom. The summed E-state index contributed by atoms with van der Waals surface area (Å²) < 4.78 is 27.5. The Morgan fingerprint density at radius 2 is 1.70 bits per heavy atom. The van der Waals surface area contributed by atoms with Crippen LogP contribution in [0.4, 0.5) is 0 Å². The summed E-state index contributed by atoms with van der Waals surface area (Å²) in [7, 11) is -3.43.